The van der Waals surface area contributed by atoms with Crippen molar-refractivity contribution in [2.75, 3.05) is 13.2 Å². The monoisotopic (exact) mass is 381 g/mol. The van der Waals surface area contributed by atoms with Crippen molar-refractivity contribution in [3.8, 4) is 5.75 Å². The summed E-state index contributed by atoms with van der Waals surface area (Å²) < 4.78 is 11.1. The van der Waals surface area contributed by atoms with Crippen molar-refractivity contribution in [3.05, 3.63) is 75.1 Å². The molecule has 146 valence electrons. The molecule has 1 atom stereocenters. The van der Waals surface area contributed by atoms with Gasteiger partial charge in [-0.1, -0.05) is 30.3 Å². The van der Waals surface area contributed by atoms with Crippen LogP contribution < -0.4 is 15.7 Å². The molecule has 1 amide bonds. The molecule has 0 spiro atoms. The van der Waals surface area contributed by atoms with Crippen LogP contribution in [0.1, 0.15) is 28.3 Å². The summed E-state index contributed by atoms with van der Waals surface area (Å²) in [6.07, 6.45) is 0. The second-order valence-corrected chi connectivity index (χ2v) is 6.71. The molecule has 0 aliphatic heterocycles. The Morgan fingerprint density at radius 1 is 1.07 bits per heavy atom. The van der Waals surface area contributed by atoms with Crippen molar-refractivity contribution in [2.24, 2.45) is 0 Å². The Morgan fingerprint density at radius 3 is 2.46 bits per heavy atom. The van der Waals surface area contributed by atoms with Crippen LogP contribution >= 0.6 is 0 Å². The molecule has 0 saturated carbocycles. The molecule has 3 rings (SSSR count). The van der Waals surface area contributed by atoms with Crippen LogP contribution in [-0.2, 0) is 4.79 Å². The fraction of sp³-hybridized carbons (Fsp3) is 0.273. The molecule has 1 heterocycles. The smallest absolute Gasteiger partial charge is 0.339 e. The highest BCUT2D eigenvalue weighted by atomic mass is 16.5. The standard InChI is InChI=1S/C22H23NO5/c1-13-14(2)22(26)28-21-15(3)19(10-9-17(13)21)27-12-20(25)23-18(11-24)16-7-5-4-6-8-16/h4-10,18,24H,11-12H2,1-3H3,(H,23,25)/t18-/m0/s1. The second-order valence-electron chi connectivity index (χ2n) is 6.71. The van der Waals surface area contributed by atoms with E-state index in [0.29, 0.717) is 22.5 Å². The second kappa shape index (κ2) is 8.27. The Bertz CT molecular complexity index is 1060. The summed E-state index contributed by atoms with van der Waals surface area (Å²) >= 11 is 0. The number of ether oxygens (including phenoxy) is 1. The zero-order chi connectivity index (χ0) is 20.3. The maximum Gasteiger partial charge on any atom is 0.339 e. The van der Waals surface area contributed by atoms with Gasteiger partial charge in [0.05, 0.1) is 12.6 Å². The maximum atomic E-state index is 12.3. The zero-order valence-corrected chi connectivity index (χ0v) is 16.1. The van der Waals surface area contributed by atoms with E-state index in [1.807, 2.05) is 43.3 Å². The molecule has 0 radical (unpaired) electrons. The number of nitrogens with one attached hydrogen (secondary N) is 1. The number of aliphatic hydroxyl groups excluding tert-OH is 1. The average Bonchev–Trinajstić information content (AvgIpc) is 2.71. The number of hydrogen-bond donors (Lipinski definition) is 2. The van der Waals surface area contributed by atoms with E-state index in [0.717, 1.165) is 16.5 Å². The highest BCUT2D eigenvalue weighted by Gasteiger charge is 2.16. The molecule has 0 fully saturated rings. The minimum Gasteiger partial charge on any atom is -0.483 e. The molecule has 6 heteroatoms. The van der Waals surface area contributed by atoms with Gasteiger partial charge in [0.25, 0.3) is 5.91 Å². The van der Waals surface area contributed by atoms with Gasteiger partial charge >= 0.3 is 5.63 Å². The van der Waals surface area contributed by atoms with Crippen molar-refractivity contribution in [3.63, 3.8) is 0 Å². The van der Waals surface area contributed by atoms with E-state index in [2.05, 4.69) is 5.32 Å². The summed E-state index contributed by atoms with van der Waals surface area (Å²) in [5, 5.41) is 13.1. The molecule has 28 heavy (non-hydrogen) atoms. The summed E-state index contributed by atoms with van der Waals surface area (Å²) in [5.74, 6) is 0.109. The predicted octanol–water partition coefficient (Wildman–Crippen LogP) is 2.95. The number of aryl methyl sites for hydroxylation is 2. The van der Waals surface area contributed by atoms with Gasteiger partial charge in [-0.15, -0.1) is 0 Å². The van der Waals surface area contributed by atoms with Crippen molar-refractivity contribution in [2.45, 2.75) is 26.8 Å². The molecule has 0 unspecified atom stereocenters. The highest BCUT2D eigenvalue weighted by molar-refractivity contribution is 5.85. The predicted molar refractivity (Wildman–Crippen MR) is 107 cm³/mol. The minimum absolute atomic E-state index is 0.214. The molecule has 1 aromatic heterocycles. The van der Waals surface area contributed by atoms with Crippen LogP contribution in [0.2, 0.25) is 0 Å². The van der Waals surface area contributed by atoms with Gasteiger partial charge in [0.1, 0.15) is 11.3 Å². The van der Waals surface area contributed by atoms with Gasteiger partial charge in [0.2, 0.25) is 0 Å². The van der Waals surface area contributed by atoms with Crippen LogP contribution in [0.15, 0.2) is 51.7 Å². The van der Waals surface area contributed by atoms with Crippen molar-refractivity contribution in [1.82, 2.24) is 5.32 Å². The Labute approximate surface area is 162 Å². The molecule has 0 bridgehead atoms. The number of rotatable bonds is 6. The molecule has 2 N–H and O–H groups in total. The third-order valence-electron chi connectivity index (χ3n) is 4.90. The topological polar surface area (TPSA) is 88.8 Å². The van der Waals surface area contributed by atoms with Gasteiger partial charge in [-0.25, -0.2) is 4.79 Å². The number of carbonyl (C=O) groups excluding carboxylic acids is 1. The number of hydrogen-bond acceptors (Lipinski definition) is 5. The Kier molecular flexibility index (Phi) is 5.80. The van der Waals surface area contributed by atoms with E-state index in [4.69, 9.17) is 9.15 Å². The molecule has 3 aromatic rings. The van der Waals surface area contributed by atoms with Crippen molar-refractivity contribution >= 4 is 16.9 Å². The summed E-state index contributed by atoms with van der Waals surface area (Å²) in [4.78, 5) is 24.2. The van der Waals surface area contributed by atoms with E-state index in [-0.39, 0.29) is 24.7 Å². The molecular weight excluding hydrogens is 358 g/mol. The number of fused-ring (bicyclic) bond motifs is 1. The number of benzene rings is 2. The van der Waals surface area contributed by atoms with E-state index in [9.17, 15) is 14.7 Å². The molecule has 0 aliphatic carbocycles. The molecule has 2 aromatic carbocycles. The van der Waals surface area contributed by atoms with Crippen LogP contribution in [0.4, 0.5) is 0 Å². The molecular formula is C22H23NO5. The fourth-order valence-electron chi connectivity index (χ4n) is 3.08. The maximum absolute atomic E-state index is 12.3. The van der Waals surface area contributed by atoms with Crippen LogP contribution in [0, 0.1) is 20.8 Å². The molecule has 0 saturated heterocycles. The van der Waals surface area contributed by atoms with E-state index < -0.39 is 6.04 Å². The Balaban J connectivity index is 1.74. The lowest BCUT2D eigenvalue weighted by atomic mass is 10.0. The summed E-state index contributed by atoms with van der Waals surface area (Å²) in [6.45, 7) is 4.96. The highest BCUT2D eigenvalue weighted by Crippen LogP contribution is 2.29. The van der Waals surface area contributed by atoms with Gasteiger partial charge in [-0.05, 0) is 44.0 Å². The molecule has 0 aliphatic rings. The average molecular weight is 381 g/mol. The third-order valence-corrected chi connectivity index (χ3v) is 4.90. The Morgan fingerprint density at radius 2 is 1.79 bits per heavy atom. The summed E-state index contributed by atoms with van der Waals surface area (Å²) in [6, 6.07) is 12.3. The first-order valence-corrected chi connectivity index (χ1v) is 9.04. The lowest BCUT2D eigenvalue weighted by Crippen LogP contribution is -2.34. The summed E-state index contributed by atoms with van der Waals surface area (Å²) in [7, 11) is 0. The number of amides is 1. The minimum atomic E-state index is -0.501. The first-order chi connectivity index (χ1) is 13.4. The van der Waals surface area contributed by atoms with Crippen LogP contribution in [0.5, 0.6) is 5.75 Å². The fourth-order valence-corrected chi connectivity index (χ4v) is 3.08. The first kappa shape index (κ1) is 19.6. The zero-order valence-electron chi connectivity index (χ0n) is 16.1. The quantitative estimate of drug-likeness (QED) is 0.641. The SMILES string of the molecule is Cc1c(C)c2ccc(OCC(=O)N[C@@H](CO)c3ccccc3)c(C)c2oc1=O. The summed E-state index contributed by atoms with van der Waals surface area (Å²) in [5.41, 5.74) is 3.00. The van der Waals surface area contributed by atoms with Crippen molar-refractivity contribution in [1.29, 1.82) is 0 Å². The van der Waals surface area contributed by atoms with Crippen LogP contribution in [-0.4, -0.2) is 24.2 Å². The van der Waals surface area contributed by atoms with E-state index >= 15 is 0 Å². The van der Waals surface area contributed by atoms with Gasteiger partial charge in [0, 0.05) is 16.5 Å². The largest absolute Gasteiger partial charge is 0.483 e. The first-order valence-electron chi connectivity index (χ1n) is 9.04. The van der Waals surface area contributed by atoms with Crippen molar-refractivity contribution < 1.29 is 19.1 Å². The Hall–Kier alpha value is -3.12. The lowest BCUT2D eigenvalue weighted by molar-refractivity contribution is -0.124. The van der Waals surface area contributed by atoms with E-state index in [1.54, 1.807) is 19.9 Å². The normalized spacial score (nSPS) is 12.0. The van der Waals surface area contributed by atoms with Gasteiger partial charge in [-0.3, -0.25) is 4.79 Å². The van der Waals surface area contributed by atoms with Gasteiger partial charge < -0.3 is 19.6 Å². The van der Waals surface area contributed by atoms with E-state index in [1.165, 1.54) is 0 Å². The van der Waals surface area contributed by atoms with Crippen LogP contribution in [0.25, 0.3) is 11.0 Å². The third kappa shape index (κ3) is 3.92. The van der Waals surface area contributed by atoms with Gasteiger partial charge in [-0.2, -0.15) is 0 Å². The van der Waals surface area contributed by atoms with Gasteiger partial charge in [0.15, 0.2) is 6.61 Å². The van der Waals surface area contributed by atoms with Crippen LogP contribution in [0.3, 0.4) is 0 Å². The lowest BCUT2D eigenvalue weighted by Gasteiger charge is -2.17. The number of aliphatic hydroxyl groups is 1. The molecule has 6 nitrogen and oxygen atoms in total. The number of carbonyl (C=O) groups is 1.